The van der Waals surface area contributed by atoms with Gasteiger partial charge in [0, 0.05) is 12.4 Å². The van der Waals surface area contributed by atoms with Gasteiger partial charge in [0.15, 0.2) is 0 Å². The summed E-state index contributed by atoms with van der Waals surface area (Å²) >= 11 is 0. The van der Waals surface area contributed by atoms with E-state index in [2.05, 4.69) is 9.72 Å². The van der Waals surface area contributed by atoms with Crippen molar-refractivity contribution in [3.05, 3.63) is 35.8 Å². The molecule has 0 bridgehead atoms. The fourth-order valence-electron chi connectivity index (χ4n) is 1.63. The first-order valence-electron chi connectivity index (χ1n) is 5.59. The quantitative estimate of drug-likeness (QED) is 0.842. The van der Waals surface area contributed by atoms with Crippen LogP contribution in [0.4, 0.5) is 13.2 Å². The van der Waals surface area contributed by atoms with Crippen LogP contribution in [0.2, 0.25) is 0 Å². The summed E-state index contributed by atoms with van der Waals surface area (Å²) in [5.41, 5.74) is 2.42. The normalized spacial score (nSPS) is 12.2. The molecule has 0 N–H and O–H groups in total. The van der Waals surface area contributed by atoms with Crippen molar-refractivity contribution in [2.45, 2.75) is 26.1 Å². The predicted octanol–water partition coefficient (Wildman–Crippen LogP) is 2.98. The fourth-order valence-corrected chi connectivity index (χ4v) is 1.63. The van der Waals surface area contributed by atoms with Crippen LogP contribution in [0.15, 0.2) is 24.5 Å². The first-order chi connectivity index (χ1) is 8.48. The van der Waals surface area contributed by atoms with Gasteiger partial charge in [-0.2, -0.15) is 13.2 Å². The number of aryl methyl sites for hydroxylation is 1. The maximum Gasteiger partial charge on any atom is 0.411 e. The number of alkyl halides is 3. The Hall–Kier alpha value is -1.56. The van der Waals surface area contributed by atoms with Crippen LogP contribution in [0.25, 0.3) is 5.65 Å². The van der Waals surface area contributed by atoms with Gasteiger partial charge in [-0.25, -0.2) is 4.98 Å². The van der Waals surface area contributed by atoms with Crippen molar-refractivity contribution in [1.82, 2.24) is 9.38 Å². The number of hydrogen-bond acceptors (Lipinski definition) is 2. The number of fused-ring (bicyclic) bond motifs is 1. The molecule has 0 fully saturated rings. The third kappa shape index (κ3) is 3.22. The van der Waals surface area contributed by atoms with E-state index in [9.17, 15) is 13.2 Å². The van der Waals surface area contributed by atoms with Gasteiger partial charge in [-0.1, -0.05) is 13.0 Å². The molecule has 0 atom stereocenters. The maximum atomic E-state index is 11.9. The van der Waals surface area contributed by atoms with E-state index in [1.807, 2.05) is 13.1 Å². The Morgan fingerprint density at radius 3 is 2.72 bits per heavy atom. The molecule has 18 heavy (non-hydrogen) atoms. The number of imidazole rings is 1. The lowest BCUT2D eigenvalue weighted by atomic mass is 10.3. The van der Waals surface area contributed by atoms with Crippen LogP contribution >= 0.6 is 0 Å². The molecule has 0 aliphatic heterocycles. The topological polar surface area (TPSA) is 26.5 Å². The highest BCUT2D eigenvalue weighted by Crippen LogP contribution is 2.16. The van der Waals surface area contributed by atoms with E-state index < -0.39 is 12.8 Å². The molecule has 2 aromatic heterocycles. The van der Waals surface area contributed by atoms with E-state index in [1.54, 1.807) is 22.7 Å². The molecular weight excluding hydrogens is 245 g/mol. The van der Waals surface area contributed by atoms with Crippen LogP contribution in [0, 0.1) is 0 Å². The Morgan fingerprint density at radius 2 is 2.06 bits per heavy atom. The molecule has 0 spiro atoms. The smallest absolute Gasteiger partial charge is 0.367 e. The molecule has 0 amide bonds. The maximum absolute atomic E-state index is 11.9. The summed E-state index contributed by atoms with van der Waals surface area (Å²) < 4.78 is 42.2. The first-order valence-corrected chi connectivity index (χ1v) is 5.59. The van der Waals surface area contributed by atoms with Crippen LogP contribution in [0.3, 0.4) is 0 Å². The van der Waals surface area contributed by atoms with Gasteiger partial charge in [-0.15, -0.1) is 0 Å². The minimum atomic E-state index is -4.28. The molecule has 0 unspecified atom stereocenters. The average molecular weight is 258 g/mol. The van der Waals surface area contributed by atoms with Crippen molar-refractivity contribution in [3.8, 4) is 0 Å². The molecule has 0 saturated heterocycles. The van der Waals surface area contributed by atoms with E-state index >= 15 is 0 Å². The number of hydrogen-bond donors (Lipinski definition) is 0. The van der Waals surface area contributed by atoms with Crippen LogP contribution in [0.1, 0.15) is 18.2 Å². The zero-order valence-electron chi connectivity index (χ0n) is 9.87. The molecule has 0 radical (unpaired) electrons. The van der Waals surface area contributed by atoms with Crippen LogP contribution in [0.5, 0.6) is 0 Å². The monoisotopic (exact) mass is 258 g/mol. The molecule has 0 aromatic carbocycles. The summed E-state index contributed by atoms with van der Waals surface area (Å²) in [5, 5.41) is 0. The highest BCUT2D eigenvalue weighted by molar-refractivity contribution is 5.41. The van der Waals surface area contributed by atoms with Crippen molar-refractivity contribution >= 4 is 5.65 Å². The van der Waals surface area contributed by atoms with Crippen molar-refractivity contribution in [2.75, 3.05) is 6.61 Å². The van der Waals surface area contributed by atoms with E-state index in [0.29, 0.717) is 5.56 Å². The Balaban J connectivity index is 2.05. The molecule has 0 aliphatic rings. The van der Waals surface area contributed by atoms with E-state index in [0.717, 1.165) is 17.8 Å². The highest BCUT2D eigenvalue weighted by atomic mass is 19.4. The van der Waals surface area contributed by atoms with Crippen LogP contribution < -0.4 is 0 Å². The van der Waals surface area contributed by atoms with Gasteiger partial charge in [0.25, 0.3) is 0 Å². The Kier molecular flexibility index (Phi) is 3.56. The summed E-state index contributed by atoms with van der Waals surface area (Å²) in [6.45, 7) is 0.708. The largest absolute Gasteiger partial charge is 0.411 e. The molecule has 2 aromatic rings. The van der Waals surface area contributed by atoms with Gasteiger partial charge in [0.1, 0.15) is 12.3 Å². The number of rotatable bonds is 4. The van der Waals surface area contributed by atoms with Crippen molar-refractivity contribution in [1.29, 1.82) is 0 Å². The van der Waals surface area contributed by atoms with E-state index in [4.69, 9.17) is 0 Å². The molecule has 6 heteroatoms. The second kappa shape index (κ2) is 4.97. The van der Waals surface area contributed by atoms with Crippen molar-refractivity contribution in [3.63, 3.8) is 0 Å². The predicted molar refractivity (Wildman–Crippen MR) is 60.3 cm³/mol. The lowest BCUT2D eigenvalue weighted by Gasteiger charge is -2.07. The number of ether oxygens (including phenoxy) is 1. The summed E-state index contributed by atoms with van der Waals surface area (Å²) in [5.74, 6) is 0. The Labute approximate surface area is 102 Å². The Bertz CT molecular complexity index is 534. The van der Waals surface area contributed by atoms with Crippen molar-refractivity contribution in [2.24, 2.45) is 0 Å². The minimum absolute atomic E-state index is 0.0604. The zero-order chi connectivity index (χ0) is 13.2. The summed E-state index contributed by atoms with van der Waals surface area (Å²) in [7, 11) is 0. The third-order valence-corrected chi connectivity index (χ3v) is 2.46. The molecule has 0 aliphatic carbocycles. The van der Waals surface area contributed by atoms with Gasteiger partial charge in [0.05, 0.1) is 12.3 Å². The standard InChI is InChI=1S/C12H13F3N2O/c1-2-10-6-17-5-9(3-4-11(17)16-10)7-18-8-12(13,14)15/h3-6H,2,7-8H2,1H3. The molecule has 0 saturated carbocycles. The zero-order valence-corrected chi connectivity index (χ0v) is 9.87. The van der Waals surface area contributed by atoms with Gasteiger partial charge >= 0.3 is 6.18 Å². The second-order valence-corrected chi connectivity index (χ2v) is 4.00. The highest BCUT2D eigenvalue weighted by Gasteiger charge is 2.27. The average Bonchev–Trinajstić information content (AvgIpc) is 2.69. The van der Waals surface area contributed by atoms with E-state index in [-0.39, 0.29) is 6.61 Å². The second-order valence-electron chi connectivity index (χ2n) is 4.00. The van der Waals surface area contributed by atoms with Gasteiger partial charge in [-0.3, -0.25) is 0 Å². The number of aromatic nitrogens is 2. The lowest BCUT2D eigenvalue weighted by molar-refractivity contribution is -0.176. The van der Waals surface area contributed by atoms with Gasteiger partial charge in [-0.05, 0) is 18.1 Å². The summed E-state index contributed by atoms with van der Waals surface area (Å²) in [6.07, 6.45) is 0.135. The lowest BCUT2D eigenvalue weighted by Crippen LogP contribution is -2.16. The number of halogens is 3. The van der Waals surface area contributed by atoms with Crippen LogP contribution in [-0.2, 0) is 17.8 Å². The molecule has 3 nitrogen and oxygen atoms in total. The minimum Gasteiger partial charge on any atom is -0.367 e. The fraction of sp³-hybridized carbons (Fsp3) is 0.417. The van der Waals surface area contributed by atoms with Crippen molar-refractivity contribution < 1.29 is 17.9 Å². The molecule has 2 rings (SSSR count). The SMILES string of the molecule is CCc1cn2cc(COCC(F)(F)F)ccc2n1. The summed E-state index contributed by atoms with van der Waals surface area (Å²) in [6, 6.07) is 3.49. The Morgan fingerprint density at radius 1 is 1.28 bits per heavy atom. The van der Waals surface area contributed by atoms with Crippen LogP contribution in [-0.4, -0.2) is 22.2 Å². The first kappa shape index (κ1) is 12.9. The van der Waals surface area contributed by atoms with Gasteiger partial charge < -0.3 is 9.14 Å². The van der Waals surface area contributed by atoms with Gasteiger partial charge in [0.2, 0.25) is 0 Å². The summed E-state index contributed by atoms with van der Waals surface area (Å²) in [4.78, 5) is 4.33. The third-order valence-electron chi connectivity index (χ3n) is 2.46. The number of nitrogens with zero attached hydrogens (tertiary/aromatic N) is 2. The van der Waals surface area contributed by atoms with E-state index in [1.165, 1.54) is 0 Å². The molecule has 98 valence electrons. The number of pyridine rings is 1. The molecule has 2 heterocycles. The molecular formula is C12H13F3N2O.